The van der Waals surface area contributed by atoms with E-state index in [1.54, 1.807) is 4.90 Å². The molecule has 0 aliphatic carbocycles. The van der Waals surface area contributed by atoms with E-state index in [-0.39, 0.29) is 60.1 Å². The third-order valence-corrected chi connectivity index (χ3v) is 6.48. The number of benzene rings is 1. The summed E-state index contributed by atoms with van der Waals surface area (Å²) in [6.45, 7) is 2.75. The summed E-state index contributed by atoms with van der Waals surface area (Å²) in [6.07, 6.45) is -2.60. The average Bonchev–Trinajstić information content (AvgIpc) is 2.92. The number of alkyl halides is 3. The first-order valence-electron chi connectivity index (χ1n) is 12.6. The van der Waals surface area contributed by atoms with Gasteiger partial charge in [-0.3, -0.25) is 14.6 Å². The van der Waals surface area contributed by atoms with Gasteiger partial charge in [-0.05, 0) is 43.7 Å². The Morgan fingerprint density at radius 3 is 2.42 bits per heavy atom. The van der Waals surface area contributed by atoms with Crippen molar-refractivity contribution in [3.63, 3.8) is 0 Å². The van der Waals surface area contributed by atoms with Crippen molar-refractivity contribution in [3.05, 3.63) is 76.9 Å². The maximum atomic E-state index is 14.1. The fourth-order valence-corrected chi connectivity index (χ4v) is 4.16. The van der Waals surface area contributed by atoms with Gasteiger partial charge in [-0.15, -0.1) is 0 Å². The van der Waals surface area contributed by atoms with Crippen LogP contribution in [0.4, 0.5) is 22.0 Å². The molecule has 0 spiro atoms. The highest BCUT2D eigenvalue weighted by Crippen LogP contribution is 2.30. The Labute approximate surface area is 227 Å². The number of pyridine rings is 1. The van der Waals surface area contributed by atoms with Crippen LogP contribution in [0.15, 0.2) is 42.7 Å². The van der Waals surface area contributed by atoms with Gasteiger partial charge in [0.15, 0.2) is 5.82 Å². The van der Waals surface area contributed by atoms with E-state index in [4.69, 9.17) is 0 Å². The molecule has 0 atom stereocenters. The number of rotatable bonds is 8. The van der Waals surface area contributed by atoms with Crippen molar-refractivity contribution < 1.29 is 31.5 Å². The summed E-state index contributed by atoms with van der Waals surface area (Å²) in [4.78, 5) is 41.3. The lowest BCUT2D eigenvalue weighted by atomic mass is 10.1. The van der Waals surface area contributed by atoms with Crippen LogP contribution in [-0.2, 0) is 23.8 Å². The second kappa shape index (κ2) is 12.5. The molecule has 40 heavy (non-hydrogen) atoms. The minimum absolute atomic E-state index is 0.0323. The van der Waals surface area contributed by atoms with Crippen LogP contribution in [0.5, 0.6) is 0 Å². The number of piperazine rings is 1. The molecule has 1 N–H and O–H groups in total. The Bertz CT molecular complexity index is 1380. The van der Waals surface area contributed by atoms with Gasteiger partial charge in [-0.2, -0.15) is 13.2 Å². The molecule has 1 aliphatic rings. The van der Waals surface area contributed by atoms with Crippen LogP contribution in [0.2, 0.25) is 0 Å². The van der Waals surface area contributed by atoms with Gasteiger partial charge in [0, 0.05) is 68.9 Å². The fraction of sp³-hybridized carbons (Fsp3) is 0.370. The van der Waals surface area contributed by atoms with Crippen LogP contribution >= 0.6 is 0 Å². The van der Waals surface area contributed by atoms with E-state index in [9.17, 15) is 31.5 Å². The monoisotopic (exact) mass is 562 g/mol. The van der Waals surface area contributed by atoms with E-state index in [2.05, 4.69) is 25.2 Å². The summed E-state index contributed by atoms with van der Waals surface area (Å²) in [5, 5.41) is 2.62. The zero-order valence-corrected chi connectivity index (χ0v) is 21.6. The predicted molar refractivity (Wildman–Crippen MR) is 135 cm³/mol. The van der Waals surface area contributed by atoms with Crippen molar-refractivity contribution in [2.75, 3.05) is 39.8 Å². The van der Waals surface area contributed by atoms with Crippen LogP contribution < -0.4 is 5.32 Å². The molecule has 0 saturated carbocycles. The largest absolute Gasteiger partial charge is 0.417 e. The first kappa shape index (κ1) is 29.0. The molecule has 8 nitrogen and oxygen atoms in total. The Balaban J connectivity index is 1.53. The average molecular weight is 563 g/mol. The highest BCUT2D eigenvalue weighted by molar-refractivity contribution is 5.93. The normalized spacial score (nSPS) is 14.3. The summed E-state index contributed by atoms with van der Waals surface area (Å²) >= 11 is 0. The third-order valence-electron chi connectivity index (χ3n) is 6.48. The minimum Gasteiger partial charge on any atom is -0.350 e. The predicted octanol–water partition coefficient (Wildman–Crippen LogP) is 3.51. The maximum Gasteiger partial charge on any atom is 0.417 e. The van der Waals surface area contributed by atoms with E-state index in [0.717, 1.165) is 37.5 Å². The van der Waals surface area contributed by atoms with Gasteiger partial charge in [0.1, 0.15) is 17.3 Å². The molecule has 1 aliphatic heterocycles. The first-order valence-corrected chi connectivity index (χ1v) is 12.6. The van der Waals surface area contributed by atoms with Gasteiger partial charge < -0.3 is 15.1 Å². The molecule has 0 bridgehead atoms. The van der Waals surface area contributed by atoms with Crippen molar-refractivity contribution >= 4 is 11.8 Å². The standard InChI is InChI=1S/C27H27F5N6O2/c1-37-8-10-38(11-9-37)24(39)6-7-34-26(40)23-14-21(5-3-17-2-4-20(28)13-22(17)29)35-25(36-23)18-12-19(16-33-15-18)27(30,31)32/h2,4,12-16H,3,5-11H2,1H3,(H,34,40). The number of hydrogen-bond donors (Lipinski definition) is 1. The van der Waals surface area contributed by atoms with Gasteiger partial charge in [-0.25, -0.2) is 18.7 Å². The van der Waals surface area contributed by atoms with Gasteiger partial charge in [0.2, 0.25) is 5.91 Å². The number of aryl methyl sites for hydroxylation is 2. The number of nitrogens with zero attached hydrogens (tertiary/aromatic N) is 5. The number of hydrogen-bond acceptors (Lipinski definition) is 6. The molecule has 0 unspecified atom stereocenters. The second-order valence-electron chi connectivity index (χ2n) is 9.45. The Kier molecular flexibility index (Phi) is 9.03. The highest BCUT2D eigenvalue weighted by atomic mass is 19.4. The Morgan fingerprint density at radius 2 is 1.73 bits per heavy atom. The Hall–Kier alpha value is -4.00. The molecule has 1 fully saturated rings. The Morgan fingerprint density at radius 1 is 0.975 bits per heavy atom. The molecule has 212 valence electrons. The quantitative estimate of drug-likeness (QED) is 0.423. The van der Waals surface area contributed by atoms with Gasteiger partial charge in [-0.1, -0.05) is 6.07 Å². The zero-order chi connectivity index (χ0) is 28.9. The van der Waals surface area contributed by atoms with Crippen molar-refractivity contribution in [2.24, 2.45) is 0 Å². The lowest BCUT2D eigenvalue weighted by Gasteiger charge is -2.32. The van der Waals surface area contributed by atoms with Gasteiger partial charge >= 0.3 is 6.18 Å². The molecule has 1 aromatic carbocycles. The zero-order valence-electron chi connectivity index (χ0n) is 21.6. The lowest BCUT2D eigenvalue weighted by Crippen LogP contribution is -2.47. The maximum absolute atomic E-state index is 14.1. The molecule has 4 rings (SSSR count). The van der Waals surface area contributed by atoms with Crippen molar-refractivity contribution in [1.82, 2.24) is 30.1 Å². The molecular weight excluding hydrogens is 535 g/mol. The van der Waals surface area contributed by atoms with Gasteiger partial charge in [0.25, 0.3) is 5.91 Å². The van der Waals surface area contributed by atoms with E-state index < -0.39 is 29.3 Å². The van der Waals surface area contributed by atoms with E-state index in [1.165, 1.54) is 12.1 Å². The van der Waals surface area contributed by atoms with Crippen molar-refractivity contribution in [2.45, 2.75) is 25.4 Å². The number of amides is 2. The molecular formula is C27H27F5N6O2. The highest BCUT2D eigenvalue weighted by Gasteiger charge is 2.31. The minimum atomic E-state index is -4.66. The topological polar surface area (TPSA) is 91.3 Å². The second-order valence-corrected chi connectivity index (χ2v) is 9.45. The summed E-state index contributed by atoms with van der Waals surface area (Å²) in [7, 11) is 1.97. The third kappa shape index (κ3) is 7.56. The van der Waals surface area contributed by atoms with Crippen LogP contribution in [0.25, 0.3) is 11.4 Å². The molecule has 3 heterocycles. The molecule has 13 heteroatoms. The van der Waals surface area contributed by atoms with Crippen LogP contribution in [0.3, 0.4) is 0 Å². The first-order chi connectivity index (χ1) is 19.0. The lowest BCUT2D eigenvalue weighted by molar-refractivity contribution is -0.137. The van der Waals surface area contributed by atoms with Crippen LogP contribution in [0.1, 0.15) is 33.7 Å². The smallest absolute Gasteiger partial charge is 0.350 e. The molecule has 2 amide bonds. The molecule has 3 aromatic rings. The summed E-state index contributed by atoms with van der Waals surface area (Å²) in [5.41, 5.74) is -0.755. The summed E-state index contributed by atoms with van der Waals surface area (Å²) < 4.78 is 67.2. The molecule has 0 radical (unpaired) electrons. The van der Waals surface area contributed by atoms with Crippen molar-refractivity contribution in [1.29, 1.82) is 0 Å². The van der Waals surface area contributed by atoms with Crippen molar-refractivity contribution in [3.8, 4) is 11.4 Å². The molecule has 2 aromatic heterocycles. The number of likely N-dealkylation sites (N-methyl/N-ethyl adjacent to an activating group) is 1. The van der Waals surface area contributed by atoms with E-state index in [0.29, 0.717) is 19.3 Å². The van der Waals surface area contributed by atoms with E-state index in [1.807, 2.05) is 7.05 Å². The summed E-state index contributed by atoms with van der Waals surface area (Å²) in [6, 6.07) is 5.32. The number of carbonyl (C=O) groups is 2. The van der Waals surface area contributed by atoms with Gasteiger partial charge in [0.05, 0.1) is 5.56 Å². The van der Waals surface area contributed by atoms with Crippen LogP contribution in [0, 0.1) is 11.6 Å². The number of aromatic nitrogens is 3. The number of carbonyl (C=O) groups excluding carboxylic acids is 2. The summed E-state index contributed by atoms with van der Waals surface area (Å²) in [5.74, 6) is -2.40. The number of nitrogens with one attached hydrogen (secondary N) is 1. The number of halogens is 5. The van der Waals surface area contributed by atoms with E-state index >= 15 is 0 Å². The molecule has 1 saturated heterocycles. The fourth-order valence-electron chi connectivity index (χ4n) is 4.16. The SMILES string of the molecule is CN1CCN(C(=O)CCNC(=O)c2cc(CCc3ccc(F)cc3F)nc(-c3cncc(C(F)(F)F)c3)n2)CC1. The van der Waals surface area contributed by atoms with Crippen LogP contribution in [-0.4, -0.2) is 76.3 Å².